The minimum Gasteiger partial charge on any atom is -0.466 e. The molecule has 0 unspecified atom stereocenters. The number of esters is 1. The van der Waals surface area contributed by atoms with Crippen LogP contribution in [-0.2, 0) is 16.0 Å². The van der Waals surface area contributed by atoms with E-state index in [-0.39, 0.29) is 18.2 Å². The number of rotatable bonds is 6. The summed E-state index contributed by atoms with van der Waals surface area (Å²) in [6.45, 7) is 4.00. The Balaban J connectivity index is 1.45. The number of nitrogens with zero attached hydrogens (tertiary/aromatic N) is 5. The Kier molecular flexibility index (Phi) is 5.48. The number of aromatic nitrogens is 5. The van der Waals surface area contributed by atoms with Crippen molar-refractivity contribution >= 4 is 34.1 Å². The highest BCUT2D eigenvalue weighted by molar-refractivity contribution is 7.14. The summed E-state index contributed by atoms with van der Waals surface area (Å²) in [6.07, 6.45) is 1.85. The molecule has 0 radical (unpaired) electrons. The molecule has 1 N–H and O–H groups in total. The molecule has 0 saturated carbocycles. The van der Waals surface area contributed by atoms with Crippen molar-refractivity contribution in [2.24, 2.45) is 0 Å². The molecule has 0 aliphatic heterocycles. The highest BCUT2D eigenvalue weighted by Gasteiger charge is 2.16. The lowest BCUT2D eigenvalue weighted by Crippen LogP contribution is -2.13. The third-order valence-electron chi connectivity index (χ3n) is 4.26. The summed E-state index contributed by atoms with van der Waals surface area (Å²) >= 11 is 1.30. The van der Waals surface area contributed by atoms with Crippen molar-refractivity contribution in [3.63, 3.8) is 0 Å². The molecule has 4 aromatic rings. The van der Waals surface area contributed by atoms with Crippen LogP contribution in [0.3, 0.4) is 0 Å². The summed E-state index contributed by atoms with van der Waals surface area (Å²) in [5.74, 6) is -0.319. The molecule has 0 fully saturated rings. The van der Waals surface area contributed by atoms with Gasteiger partial charge in [-0.1, -0.05) is 24.3 Å². The summed E-state index contributed by atoms with van der Waals surface area (Å²) < 4.78 is 6.47. The molecule has 0 bridgehead atoms. The highest BCUT2D eigenvalue weighted by Crippen LogP contribution is 2.25. The van der Waals surface area contributed by atoms with Gasteiger partial charge in [0.1, 0.15) is 0 Å². The first kappa shape index (κ1) is 19.6. The van der Waals surface area contributed by atoms with E-state index in [4.69, 9.17) is 4.74 Å². The molecule has 3 heterocycles. The molecular weight excluding hydrogens is 404 g/mol. The van der Waals surface area contributed by atoms with Crippen LogP contribution in [0.5, 0.6) is 0 Å². The Hall–Kier alpha value is -3.66. The van der Waals surface area contributed by atoms with Gasteiger partial charge in [0.15, 0.2) is 5.13 Å². The molecule has 9 nitrogen and oxygen atoms in total. The van der Waals surface area contributed by atoms with Gasteiger partial charge in [-0.2, -0.15) is 4.98 Å². The first-order valence-electron chi connectivity index (χ1n) is 9.23. The van der Waals surface area contributed by atoms with E-state index in [1.54, 1.807) is 19.2 Å². The maximum atomic E-state index is 12.5. The molecule has 152 valence electrons. The van der Waals surface area contributed by atoms with E-state index in [0.717, 1.165) is 22.5 Å². The molecule has 0 aliphatic carbocycles. The van der Waals surface area contributed by atoms with Crippen LogP contribution in [0.15, 0.2) is 41.9 Å². The van der Waals surface area contributed by atoms with Crippen LogP contribution in [0, 0.1) is 6.92 Å². The van der Waals surface area contributed by atoms with Crippen LogP contribution in [0.25, 0.3) is 17.0 Å². The monoisotopic (exact) mass is 422 g/mol. The maximum absolute atomic E-state index is 12.5. The topological polar surface area (TPSA) is 111 Å². The van der Waals surface area contributed by atoms with Crippen molar-refractivity contribution in [2.75, 3.05) is 11.9 Å². The zero-order valence-corrected chi connectivity index (χ0v) is 17.1. The van der Waals surface area contributed by atoms with Crippen LogP contribution in [0.4, 0.5) is 5.13 Å². The number of benzene rings is 1. The predicted octanol–water partition coefficient (Wildman–Crippen LogP) is 2.91. The number of nitrogens with one attached hydrogen (secondary N) is 1. The standard InChI is InChI=1S/C20H18N6O3S/c1-3-29-16(27)10-13-4-6-14(7-5-13)15-11-30-20(22-15)24-18(28)17-23-19-21-9-8-12(2)26(19)25-17/h4-9,11H,3,10H2,1-2H3,(H,22,24,28). The number of amides is 1. The number of carbonyl (C=O) groups excluding carboxylic acids is 2. The Morgan fingerprint density at radius 2 is 1.97 bits per heavy atom. The number of thiazole rings is 1. The van der Waals surface area contributed by atoms with Crippen molar-refractivity contribution < 1.29 is 14.3 Å². The Morgan fingerprint density at radius 3 is 2.70 bits per heavy atom. The van der Waals surface area contributed by atoms with Crippen molar-refractivity contribution in [3.05, 3.63) is 59.0 Å². The van der Waals surface area contributed by atoms with Crippen molar-refractivity contribution in [3.8, 4) is 11.3 Å². The zero-order chi connectivity index (χ0) is 21.1. The van der Waals surface area contributed by atoms with E-state index in [1.165, 1.54) is 15.9 Å². The molecule has 1 aromatic carbocycles. The molecule has 10 heteroatoms. The number of anilines is 1. The average molecular weight is 422 g/mol. The summed E-state index contributed by atoms with van der Waals surface area (Å²) in [6, 6.07) is 9.27. The largest absolute Gasteiger partial charge is 0.466 e. The zero-order valence-electron chi connectivity index (χ0n) is 16.3. The van der Waals surface area contributed by atoms with Crippen LogP contribution < -0.4 is 5.32 Å². The summed E-state index contributed by atoms with van der Waals surface area (Å²) in [5.41, 5.74) is 3.29. The summed E-state index contributed by atoms with van der Waals surface area (Å²) in [4.78, 5) is 36.8. The molecular formula is C20H18N6O3S. The quantitative estimate of drug-likeness (QED) is 0.476. The lowest BCUT2D eigenvalue weighted by atomic mass is 10.1. The van der Waals surface area contributed by atoms with Gasteiger partial charge in [0, 0.05) is 22.8 Å². The van der Waals surface area contributed by atoms with Gasteiger partial charge in [0.2, 0.25) is 5.82 Å². The minimum atomic E-state index is -0.453. The molecule has 3 aromatic heterocycles. The first-order chi connectivity index (χ1) is 14.5. The summed E-state index contributed by atoms with van der Waals surface area (Å²) in [5, 5.41) is 9.20. The fourth-order valence-electron chi connectivity index (χ4n) is 2.79. The van der Waals surface area contributed by atoms with Gasteiger partial charge in [-0.3, -0.25) is 14.9 Å². The second-order valence-electron chi connectivity index (χ2n) is 6.40. The molecule has 30 heavy (non-hydrogen) atoms. The first-order valence-corrected chi connectivity index (χ1v) is 10.1. The number of hydrogen-bond acceptors (Lipinski definition) is 8. The van der Waals surface area contributed by atoms with Crippen molar-refractivity contribution in [1.29, 1.82) is 0 Å². The van der Waals surface area contributed by atoms with Crippen molar-refractivity contribution in [1.82, 2.24) is 24.6 Å². The van der Waals surface area contributed by atoms with E-state index in [1.807, 2.05) is 36.6 Å². The van der Waals surface area contributed by atoms with Crippen LogP contribution >= 0.6 is 11.3 Å². The van der Waals surface area contributed by atoms with E-state index < -0.39 is 5.91 Å². The van der Waals surface area contributed by atoms with Gasteiger partial charge < -0.3 is 4.74 Å². The minimum absolute atomic E-state index is 0.0249. The highest BCUT2D eigenvalue weighted by atomic mass is 32.1. The fraction of sp³-hybridized carbons (Fsp3) is 0.200. The third kappa shape index (κ3) is 4.18. The van der Waals surface area contributed by atoms with Gasteiger partial charge in [0.25, 0.3) is 11.7 Å². The molecule has 1 amide bonds. The van der Waals surface area contributed by atoms with E-state index in [9.17, 15) is 9.59 Å². The number of hydrogen-bond donors (Lipinski definition) is 1. The van der Waals surface area contributed by atoms with Crippen molar-refractivity contribution in [2.45, 2.75) is 20.3 Å². The van der Waals surface area contributed by atoms with E-state index >= 15 is 0 Å². The predicted molar refractivity (Wildman–Crippen MR) is 111 cm³/mol. The smallest absolute Gasteiger partial charge is 0.310 e. The molecule has 0 saturated heterocycles. The molecule has 0 aliphatic rings. The number of carbonyl (C=O) groups is 2. The van der Waals surface area contributed by atoms with E-state index in [0.29, 0.717) is 17.5 Å². The Morgan fingerprint density at radius 1 is 1.17 bits per heavy atom. The number of aryl methyl sites for hydroxylation is 1. The third-order valence-corrected chi connectivity index (χ3v) is 5.02. The molecule has 0 atom stereocenters. The van der Waals surface area contributed by atoms with Crippen LogP contribution in [0.2, 0.25) is 0 Å². The number of ether oxygens (including phenoxy) is 1. The Labute approximate surface area is 175 Å². The normalized spacial score (nSPS) is 10.9. The molecule has 0 spiro atoms. The van der Waals surface area contributed by atoms with Gasteiger partial charge in [-0.05, 0) is 25.5 Å². The van der Waals surface area contributed by atoms with Crippen LogP contribution in [0.1, 0.15) is 28.8 Å². The average Bonchev–Trinajstić information content (AvgIpc) is 3.37. The van der Waals surface area contributed by atoms with E-state index in [2.05, 4.69) is 25.4 Å². The van der Waals surface area contributed by atoms with Gasteiger partial charge in [-0.25, -0.2) is 14.5 Å². The van der Waals surface area contributed by atoms with Gasteiger partial charge in [0.05, 0.1) is 18.7 Å². The molecule has 4 rings (SSSR count). The lowest BCUT2D eigenvalue weighted by molar-refractivity contribution is -0.142. The second kappa shape index (κ2) is 8.37. The van der Waals surface area contributed by atoms with Gasteiger partial charge >= 0.3 is 5.97 Å². The SMILES string of the molecule is CCOC(=O)Cc1ccc(-c2csc(NC(=O)c3nc4nccc(C)n4n3)n2)cc1. The lowest BCUT2D eigenvalue weighted by Gasteiger charge is -2.03. The fourth-order valence-corrected chi connectivity index (χ4v) is 3.51. The van der Waals surface area contributed by atoms with Crippen LogP contribution in [-0.4, -0.2) is 43.0 Å². The van der Waals surface area contributed by atoms with Gasteiger partial charge in [-0.15, -0.1) is 16.4 Å². The maximum Gasteiger partial charge on any atom is 0.310 e. The second-order valence-corrected chi connectivity index (χ2v) is 7.26. The number of fused-ring (bicyclic) bond motifs is 1. The summed E-state index contributed by atoms with van der Waals surface area (Å²) in [7, 11) is 0. The Bertz CT molecular complexity index is 1210.